The molecule has 26 heavy (non-hydrogen) atoms. The van der Waals surface area contributed by atoms with Crippen LogP contribution in [-0.2, 0) is 15.9 Å². The first-order valence-corrected chi connectivity index (χ1v) is 9.43. The third-order valence-electron chi connectivity index (χ3n) is 4.63. The fourth-order valence-electron chi connectivity index (χ4n) is 2.75. The van der Waals surface area contributed by atoms with E-state index in [2.05, 4.69) is 56.1 Å². The number of aryl methyl sites for hydroxylation is 1. The Balaban J connectivity index is 1.50. The Bertz CT molecular complexity index is 713. The van der Waals surface area contributed by atoms with Crippen LogP contribution >= 0.6 is 0 Å². The molecule has 0 bridgehead atoms. The van der Waals surface area contributed by atoms with E-state index in [-0.39, 0.29) is 11.7 Å². The highest BCUT2D eigenvalue weighted by Gasteiger charge is 2.27. The van der Waals surface area contributed by atoms with Crippen molar-refractivity contribution in [2.75, 3.05) is 19.8 Å². The average molecular weight is 354 g/mol. The van der Waals surface area contributed by atoms with Crippen molar-refractivity contribution < 1.29 is 9.47 Å². The van der Waals surface area contributed by atoms with Gasteiger partial charge in [-0.05, 0) is 43.0 Å². The van der Waals surface area contributed by atoms with Crippen molar-refractivity contribution in [3.63, 3.8) is 0 Å². The van der Waals surface area contributed by atoms with Crippen LogP contribution in [0, 0.1) is 30.1 Å². The van der Waals surface area contributed by atoms with E-state index in [1.165, 1.54) is 24.0 Å². The molecular weight excluding hydrogens is 324 g/mol. The molecule has 1 saturated heterocycles. The van der Waals surface area contributed by atoms with Crippen LogP contribution < -0.4 is 11.1 Å². The fraction of sp³-hybridized carbons (Fsp3) is 0.545. The van der Waals surface area contributed by atoms with Crippen molar-refractivity contribution in [1.29, 1.82) is 0 Å². The lowest BCUT2D eigenvalue weighted by Gasteiger charge is -2.34. The van der Waals surface area contributed by atoms with Gasteiger partial charge in [0.1, 0.15) is 0 Å². The topological polar surface area (TPSA) is 56.5 Å². The molecular formula is C22H30N2O2. The molecule has 1 aromatic carbocycles. The van der Waals surface area contributed by atoms with E-state index in [4.69, 9.17) is 15.2 Å². The summed E-state index contributed by atoms with van der Waals surface area (Å²) in [7, 11) is 0. The Morgan fingerprint density at radius 3 is 2.73 bits per heavy atom. The lowest BCUT2D eigenvalue weighted by Crippen LogP contribution is -2.41. The summed E-state index contributed by atoms with van der Waals surface area (Å²) >= 11 is 0. The molecule has 1 saturated carbocycles. The maximum Gasteiger partial charge on any atom is 0.174 e. The summed E-state index contributed by atoms with van der Waals surface area (Å²) in [5, 5.41) is 3.22. The summed E-state index contributed by atoms with van der Waals surface area (Å²) in [6, 6.07) is 6.37. The summed E-state index contributed by atoms with van der Waals surface area (Å²) in [5.74, 6) is 7.21. The Kier molecular flexibility index (Phi) is 5.90. The fourth-order valence-corrected chi connectivity index (χ4v) is 2.75. The average Bonchev–Trinajstić information content (AvgIpc) is 3.41. The number of benzene rings is 1. The molecule has 1 heterocycles. The van der Waals surface area contributed by atoms with Gasteiger partial charge in [-0.25, -0.2) is 0 Å². The Morgan fingerprint density at radius 2 is 2.04 bits per heavy atom. The van der Waals surface area contributed by atoms with Gasteiger partial charge in [0, 0.05) is 35.2 Å². The Labute approximate surface area is 157 Å². The molecule has 140 valence electrons. The minimum absolute atomic E-state index is 0.0936. The van der Waals surface area contributed by atoms with E-state index in [9.17, 15) is 0 Å². The van der Waals surface area contributed by atoms with Crippen LogP contribution in [0.1, 0.15) is 43.4 Å². The van der Waals surface area contributed by atoms with Crippen molar-refractivity contribution in [2.45, 2.75) is 46.3 Å². The standard InChI is InChI=1S/C22H30N2O2/c1-16-4-5-18(9-8-17-6-7-17)10-19(16)11-20(23)12-24-13-21-25-14-22(2,3)15-26-21/h4-5,10,12,17,21,24H,6-7,11,13-15,23H2,1-3H3/b20-12-. The normalized spacial score (nSPS) is 20.3. The van der Waals surface area contributed by atoms with E-state index in [0.29, 0.717) is 32.1 Å². The minimum Gasteiger partial charge on any atom is -0.401 e. The van der Waals surface area contributed by atoms with Crippen LogP contribution in [0.15, 0.2) is 30.1 Å². The molecule has 0 radical (unpaired) electrons. The van der Waals surface area contributed by atoms with Gasteiger partial charge in [-0.15, -0.1) is 0 Å². The number of ether oxygens (including phenoxy) is 2. The van der Waals surface area contributed by atoms with Crippen molar-refractivity contribution in [3.05, 3.63) is 46.8 Å². The number of allylic oxidation sites excluding steroid dienone is 1. The SMILES string of the molecule is Cc1ccc(C#CC2CC2)cc1C/C(N)=C/NCC1OCC(C)(C)CO1. The van der Waals surface area contributed by atoms with Gasteiger partial charge in [0.2, 0.25) is 0 Å². The summed E-state index contributed by atoms with van der Waals surface area (Å²) in [6.07, 6.45) is 4.85. The molecule has 3 N–H and O–H groups in total. The monoisotopic (exact) mass is 354 g/mol. The van der Waals surface area contributed by atoms with E-state index in [1.54, 1.807) is 0 Å². The minimum atomic E-state index is -0.213. The molecule has 0 unspecified atom stereocenters. The summed E-state index contributed by atoms with van der Waals surface area (Å²) < 4.78 is 11.4. The molecule has 1 aliphatic carbocycles. The van der Waals surface area contributed by atoms with Gasteiger partial charge < -0.3 is 20.5 Å². The highest BCUT2D eigenvalue weighted by atomic mass is 16.7. The molecule has 0 amide bonds. The highest BCUT2D eigenvalue weighted by Crippen LogP contribution is 2.27. The van der Waals surface area contributed by atoms with E-state index in [1.807, 2.05) is 6.20 Å². The van der Waals surface area contributed by atoms with Crippen LogP contribution in [0.5, 0.6) is 0 Å². The van der Waals surface area contributed by atoms with Crippen molar-refractivity contribution in [1.82, 2.24) is 5.32 Å². The van der Waals surface area contributed by atoms with Gasteiger partial charge in [0.25, 0.3) is 0 Å². The molecule has 3 rings (SSSR count). The Hall–Kier alpha value is -1.96. The second-order valence-electron chi connectivity index (χ2n) is 8.20. The second-order valence-corrected chi connectivity index (χ2v) is 8.20. The van der Waals surface area contributed by atoms with Crippen LogP contribution in [0.4, 0.5) is 0 Å². The van der Waals surface area contributed by atoms with Crippen molar-refractivity contribution in [3.8, 4) is 11.8 Å². The zero-order chi connectivity index (χ0) is 18.6. The summed E-state index contributed by atoms with van der Waals surface area (Å²) in [6.45, 7) is 8.42. The van der Waals surface area contributed by atoms with Crippen LogP contribution in [-0.4, -0.2) is 26.0 Å². The van der Waals surface area contributed by atoms with E-state index in [0.717, 1.165) is 11.3 Å². The maximum atomic E-state index is 6.20. The van der Waals surface area contributed by atoms with Crippen molar-refractivity contribution >= 4 is 0 Å². The lowest BCUT2D eigenvalue weighted by molar-refractivity contribution is -0.217. The second kappa shape index (κ2) is 8.16. The molecule has 2 aliphatic rings. The molecule has 0 atom stereocenters. The number of hydrogen-bond acceptors (Lipinski definition) is 4. The van der Waals surface area contributed by atoms with Gasteiger partial charge in [0.15, 0.2) is 6.29 Å². The van der Waals surface area contributed by atoms with Gasteiger partial charge >= 0.3 is 0 Å². The molecule has 1 aliphatic heterocycles. The van der Waals surface area contributed by atoms with E-state index < -0.39 is 0 Å². The maximum absolute atomic E-state index is 6.20. The van der Waals surface area contributed by atoms with Crippen LogP contribution in [0.25, 0.3) is 0 Å². The number of rotatable bonds is 5. The molecule has 0 spiro atoms. The molecule has 4 heteroatoms. The first kappa shape index (κ1) is 18.8. The third kappa shape index (κ3) is 5.79. The third-order valence-corrected chi connectivity index (χ3v) is 4.63. The van der Waals surface area contributed by atoms with Gasteiger partial charge in [-0.3, -0.25) is 0 Å². The quantitative estimate of drug-likeness (QED) is 0.798. The van der Waals surface area contributed by atoms with Gasteiger partial charge in [0.05, 0.1) is 19.8 Å². The van der Waals surface area contributed by atoms with Crippen LogP contribution in [0.3, 0.4) is 0 Å². The zero-order valence-corrected chi connectivity index (χ0v) is 16.1. The molecule has 2 fully saturated rings. The predicted octanol–water partition coefficient (Wildman–Crippen LogP) is 3.09. The largest absolute Gasteiger partial charge is 0.401 e. The lowest BCUT2D eigenvalue weighted by atomic mass is 9.96. The molecule has 4 nitrogen and oxygen atoms in total. The molecule has 1 aromatic rings. The smallest absolute Gasteiger partial charge is 0.174 e. The first-order chi connectivity index (χ1) is 12.4. The van der Waals surface area contributed by atoms with Crippen molar-refractivity contribution in [2.24, 2.45) is 17.1 Å². The Morgan fingerprint density at radius 1 is 1.31 bits per heavy atom. The summed E-state index contributed by atoms with van der Waals surface area (Å²) in [4.78, 5) is 0. The van der Waals surface area contributed by atoms with Crippen LogP contribution in [0.2, 0.25) is 0 Å². The number of hydrogen-bond donors (Lipinski definition) is 2. The highest BCUT2D eigenvalue weighted by molar-refractivity contribution is 5.42. The van der Waals surface area contributed by atoms with E-state index >= 15 is 0 Å². The zero-order valence-electron chi connectivity index (χ0n) is 16.1. The number of nitrogens with two attached hydrogens (primary N) is 1. The van der Waals surface area contributed by atoms with Gasteiger partial charge in [-0.1, -0.05) is 31.8 Å². The molecule has 0 aromatic heterocycles. The first-order valence-electron chi connectivity index (χ1n) is 9.43. The van der Waals surface area contributed by atoms with Gasteiger partial charge in [-0.2, -0.15) is 0 Å². The number of nitrogens with one attached hydrogen (secondary N) is 1. The summed E-state index contributed by atoms with van der Waals surface area (Å²) in [5.41, 5.74) is 10.6. The predicted molar refractivity (Wildman–Crippen MR) is 104 cm³/mol.